The lowest BCUT2D eigenvalue weighted by Gasteiger charge is -2.47. The summed E-state index contributed by atoms with van der Waals surface area (Å²) >= 11 is 0. The van der Waals surface area contributed by atoms with Crippen LogP contribution < -0.4 is 33.6 Å². The first-order chi connectivity index (χ1) is 15.2. The topological polar surface area (TPSA) is 234 Å². The number of aliphatic hydroxyl groups excluding tert-OH is 3. The first kappa shape index (κ1) is 27.3. The largest absolute Gasteiger partial charge is 0.388 e. The lowest BCUT2D eigenvalue weighted by Crippen LogP contribution is -2.68. The third kappa shape index (κ3) is 6.77. The van der Waals surface area contributed by atoms with E-state index in [0.29, 0.717) is 19.6 Å². The quantitative estimate of drug-likeness (QED) is 0.131. The van der Waals surface area contributed by atoms with Crippen LogP contribution in [0.5, 0.6) is 0 Å². The fourth-order valence-corrected chi connectivity index (χ4v) is 4.00. The van der Waals surface area contributed by atoms with Gasteiger partial charge in [-0.05, 0) is 6.42 Å². The van der Waals surface area contributed by atoms with E-state index in [9.17, 15) is 20.1 Å². The Balaban J connectivity index is 2.10. The Morgan fingerprint density at radius 1 is 1.09 bits per heavy atom. The minimum absolute atomic E-state index is 0.0588. The van der Waals surface area contributed by atoms with E-state index in [1.165, 1.54) is 0 Å². The molecule has 1 aliphatic heterocycles. The normalized spacial score (nSPS) is 40.2. The van der Waals surface area contributed by atoms with E-state index in [1.807, 2.05) is 0 Å². The molecular weight excluding hydrogens is 424 g/mol. The van der Waals surface area contributed by atoms with Crippen molar-refractivity contribution in [3.8, 4) is 0 Å². The molecule has 0 aromatic carbocycles. The van der Waals surface area contributed by atoms with Crippen LogP contribution in [0.1, 0.15) is 19.8 Å². The van der Waals surface area contributed by atoms with Gasteiger partial charge in [-0.3, -0.25) is 4.79 Å². The van der Waals surface area contributed by atoms with Crippen molar-refractivity contribution in [2.24, 2.45) is 22.9 Å². The summed E-state index contributed by atoms with van der Waals surface area (Å²) in [5.74, 6) is -0.191. The Kier molecular flexibility index (Phi) is 11.1. The maximum absolute atomic E-state index is 12.0. The predicted molar refractivity (Wildman–Crippen MR) is 115 cm³/mol. The van der Waals surface area contributed by atoms with Crippen LogP contribution in [-0.4, -0.2) is 115 Å². The fraction of sp³-hybridized carbons (Fsp3) is 0.947. The minimum atomic E-state index is -1.32. The molecule has 1 saturated carbocycles. The monoisotopic (exact) mass is 464 g/mol. The minimum Gasteiger partial charge on any atom is -0.388 e. The lowest BCUT2D eigenvalue weighted by molar-refractivity contribution is -0.289. The molecule has 1 heterocycles. The molecule has 32 heavy (non-hydrogen) atoms. The zero-order chi connectivity index (χ0) is 23.8. The van der Waals surface area contributed by atoms with E-state index in [0.717, 1.165) is 0 Å². The van der Waals surface area contributed by atoms with Gasteiger partial charge in [0.15, 0.2) is 6.29 Å². The molecule has 0 bridgehead atoms. The molecule has 10 unspecified atom stereocenters. The van der Waals surface area contributed by atoms with Gasteiger partial charge in [0.05, 0.1) is 18.7 Å². The third-order valence-corrected chi connectivity index (χ3v) is 5.87. The number of ether oxygens (including phenoxy) is 3. The lowest BCUT2D eigenvalue weighted by atomic mass is 9.83. The van der Waals surface area contributed by atoms with Crippen LogP contribution in [0, 0.1) is 0 Å². The Hall–Kier alpha value is -0.970. The van der Waals surface area contributed by atoms with Gasteiger partial charge in [0.25, 0.3) is 0 Å². The molecule has 0 spiro atoms. The number of hydrogen-bond acceptors (Lipinski definition) is 12. The van der Waals surface area contributed by atoms with Crippen molar-refractivity contribution in [1.82, 2.24) is 10.6 Å². The van der Waals surface area contributed by atoms with E-state index in [4.69, 9.17) is 37.1 Å². The second-order valence-electron chi connectivity index (χ2n) is 8.23. The van der Waals surface area contributed by atoms with E-state index in [1.54, 1.807) is 6.92 Å². The molecular formula is C19H40N6O7. The van der Waals surface area contributed by atoms with Gasteiger partial charge in [-0.1, -0.05) is 6.92 Å². The van der Waals surface area contributed by atoms with E-state index < -0.39 is 61.0 Å². The van der Waals surface area contributed by atoms with Crippen molar-refractivity contribution in [3.05, 3.63) is 0 Å². The Morgan fingerprint density at radius 3 is 2.44 bits per heavy atom. The van der Waals surface area contributed by atoms with Crippen molar-refractivity contribution < 1.29 is 34.3 Å². The van der Waals surface area contributed by atoms with Gasteiger partial charge in [-0.2, -0.15) is 0 Å². The first-order valence-corrected chi connectivity index (χ1v) is 11.1. The Labute approximate surface area is 188 Å². The van der Waals surface area contributed by atoms with Gasteiger partial charge in [-0.15, -0.1) is 0 Å². The van der Waals surface area contributed by atoms with Crippen molar-refractivity contribution in [3.63, 3.8) is 0 Å². The summed E-state index contributed by atoms with van der Waals surface area (Å²) in [5.41, 5.74) is 23.3. The van der Waals surface area contributed by atoms with Gasteiger partial charge >= 0.3 is 0 Å². The molecule has 1 amide bonds. The number of amides is 1. The number of aliphatic hydroxyl groups is 3. The number of hydrogen-bond donors (Lipinski definition) is 9. The van der Waals surface area contributed by atoms with Crippen LogP contribution in [0.2, 0.25) is 0 Å². The fourth-order valence-electron chi connectivity index (χ4n) is 4.00. The van der Waals surface area contributed by atoms with Gasteiger partial charge in [0.1, 0.15) is 36.6 Å². The second kappa shape index (κ2) is 13.1. The summed E-state index contributed by atoms with van der Waals surface area (Å²) in [4.78, 5) is 12.0. The summed E-state index contributed by atoms with van der Waals surface area (Å²) in [7, 11) is 0. The summed E-state index contributed by atoms with van der Waals surface area (Å²) in [6, 6.07) is -2.28. The van der Waals surface area contributed by atoms with Crippen molar-refractivity contribution in [2.45, 2.75) is 80.8 Å². The number of nitrogens with one attached hydrogen (secondary N) is 2. The maximum Gasteiger partial charge on any atom is 0.220 e. The van der Waals surface area contributed by atoms with Gasteiger partial charge in [-0.25, -0.2) is 0 Å². The smallest absolute Gasteiger partial charge is 0.220 e. The van der Waals surface area contributed by atoms with Crippen LogP contribution in [0.3, 0.4) is 0 Å². The Morgan fingerprint density at radius 2 is 1.81 bits per heavy atom. The van der Waals surface area contributed by atoms with Crippen molar-refractivity contribution >= 4 is 5.91 Å². The molecule has 2 fully saturated rings. The van der Waals surface area contributed by atoms with E-state index >= 15 is 0 Å². The van der Waals surface area contributed by atoms with Crippen LogP contribution in [0.25, 0.3) is 0 Å². The SMILES string of the molecule is CCC(=O)NC1CC(N)C(OC2OC(CN)C(O)C(O)C2N)C(O)C1OCCNCCN. The number of carbonyl (C=O) groups is 1. The molecule has 13 heteroatoms. The zero-order valence-electron chi connectivity index (χ0n) is 18.5. The zero-order valence-corrected chi connectivity index (χ0v) is 18.5. The second-order valence-corrected chi connectivity index (χ2v) is 8.23. The average Bonchev–Trinajstić information content (AvgIpc) is 2.77. The van der Waals surface area contributed by atoms with Gasteiger partial charge in [0, 0.05) is 38.6 Å². The van der Waals surface area contributed by atoms with Gasteiger partial charge < -0.3 is 63.1 Å². The molecule has 10 atom stereocenters. The summed E-state index contributed by atoms with van der Waals surface area (Å²) in [5, 5.41) is 37.3. The van der Waals surface area contributed by atoms with Gasteiger partial charge in [0.2, 0.25) is 5.91 Å². The highest BCUT2D eigenvalue weighted by atomic mass is 16.7. The van der Waals surface area contributed by atoms with Crippen LogP contribution in [0.15, 0.2) is 0 Å². The molecule has 0 aromatic heterocycles. The molecule has 2 rings (SSSR count). The highest BCUT2D eigenvalue weighted by molar-refractivity contribution is 5.75. The number of carbonyl (C=O) groups excluding carboxylic acids is 1. The van der Waals surface area contributed by atoms with Crippen LogP contribution in [-0.2, 0) is 19.0 Å². The summed E-state index contributed by atoms with van der Waals surface area (Å²) < 4.78 is 17.4. The standard InChI is InChI=1S/C19H40N6O7/c1-2-12(26)25-10-7-9(22)17(16(29)18(10)30-6-5-24-4-3-20)32-19-13(23)15(28)14(27)11(8-21)31-19/h9-11,13-19,24,27-29H,2-8,20-23H2,1H3,(H,25,26). The van der Waals surface area contributed by atoms with Crippen molar-refractivity contribution in [1.29, 1.82) is 0 Å². The molecule has 0 aromatic rings. The molecule has 1 saturated heterocycles. The van der Waals surface area contributed by atoms with Crippen molar-refractivity contribution in [2.75, 3.05) is 32.8 Å². The Bertz CT molecular complexity index is 574. The highest BCUT2D eigenvalue weighted by Crippen LogP contribution is 2.29. The summed E-state index contributed by atoms with van der Waals surface area (Å²) in [6.45, 7) is 3.54. The molecule has 13 N–H and O–H groups in total. The van der Waals surface area contributed by atoms with E-state index in [2.05, 4.69) is 10.6 Å². The molecule has 13 nitrogen and oxygen atoms in total. The molecule has 0 radical (unpaired) electrons. The average molecular weight is 465 g/mol. The maximum atomic E-state index is 12.0. The predicted octanol–water partition coefficient (Wildman–Crippen LogP) is -4.98. The summed E-state index contributed by atoms with van der Waals surface area (Å²) in [6.07, 6.45) is -7.03. The molecule has 1 aliphatic carbocycles. The first-order valence-electron chi connectivity index (χ1n) is 11.1. The number of nitrogens with two attached hydrogens (primary N) is 4. The van der Waals surface area contributed by atoms with Crippen LogP contribution >= 0.6 is 0 Å². The number of rotatable bonds is 11. The molecule has 188 valence electrons. The van der Waals surface area contributed by atoms with Crippen LogP contribution in [0.4, 0.5) is 0 Å². The third-order valence-electron chi connectivity index (χ3n) is 5.87. The molecule has 2 aliphatic rings. The van der Waals surface area contributed by atoms with E-state index in [-0.39, 0.29) is 31.9 Å². The highest BCUT2D eigenvalue weighted by Gasteiger charge is 2.49.